The molecule has 7 heteroatoms. The van der Waals surface area contributed by atoms with Crippen LogP contribution in [-0.4, -0.2) is 24.7 Å². The van der Waals surface area contributed by atoms with Crippen molar-refractivity contribution in [3.63, 3.8) is 0 Å². The summed E-state index contributed by atoms with van der Waals surface area (Å²) in [6.07, 6.45) is -2.77. The highest BCUT2D eigenvalue weighted by molar-refractivity contribution is 6.62. The van der Waals surface area contributed by atoms with E-state index in [9.17, 15) is 13.2 Å². The van der Waals surface area contributed by atoms with Crippen molar-refractivity contribution in [2.24, 2.45) is 0 Å². The van der Waals surface area contributed by atoms with Crippen LogP contribution >= 0.6 is 0 Å². The highest BCUT2D eigenvalue weighted by atomic mass is 19.4. The lowest BCUT2D eigenvalue weighted by atomic mass is 9.75. The summed E-state index contributed by atoms with van der Waals surface area (Å²) in [5.74, 6) is 0.0560. The zero-order valence-corrected chi connectivity index (χ0v) is 13.7. The lowest BCUT2D eigenvalue weighted by Gasteiger charge is -2.32. The second kappa shape index (κ2) is 5.15. The van der Waals surface area contributed by atoms with Crippen LogP contribution in [0.4, 0.5) is 13.2 Å². The van der Waals surface area contributed by atoms with Crippen molar-refractivity contribution < 1.29 is 27.2 Å². The van der Waals surface area contributed by atoms with Gasteiger partial charge in [-0.25, -0.2) is 0 Å². The van der Waals surface area contributed by atoms with E-state index in [1.54, 1.807) is 6.07 Å². The largest absolute Gasteiger partial charge is 0.573 e. The van der Waals surface area contributed by atoms with Gasteiger partial charge in [-0.15, -0.1) is 13.2 Å². The number of hydrogen-bond donors (Lipinski definition) is 0. The molecule has 1 aromatic rings. The van der Waals surface area contributed by atoms with E-state index in [1.165, 1.54) is 12.1 Å². The SMILES string of the molecule is CC1(C)OB(c2ccc(OC(F)(F)F)cc2C2CC2)OC1(C)C. The zero-order chi connectivity index (χ0) is 17.0. The monoisotopic (exact) mass is 328 g/mol. The molecule has 1 aromatic carbocycles. The molecular weight excluding hydrogens is 308 g/mol. The summed E-state index contributed by atoms with van der Waals surface area (Å²) in [6, 6.07) is 4.40. The first-order valence-corrected chi connectivity index (χ1v) is 7.74. The Kier molecular flexibility index (Phi) is 3.72. The standard InChI is InChI=1S/C16H20BF3O3/c1-14(2)15(3,4)23-17(22-14)13-8-7-11(21-16(18,19)20)9-12(13)10-5-6-10/h7-10H,5-6H2,1-4H3. The van der Waals surface area contributed by atoms with Gasteiger partial charge in [0.2, 0.25) is 0 Å². The topological polar surface area (TPSA) is 27.7 Å². The summed E-state index contributed by atoms with van der Waals surface area (Å²) in [6.45, 7) is 7.80. The van der Waals surface area contributed by atoms with Crippen molar-refractivity contribution in [2.75, 3.05) is 0 Å². The molecule has 0 unspecified atom stereocenters. The minimum Gasteiger partial charge on any atom is -0.406 e. The number of hydrogen-bond acceptors (Lipinski definition) is 3. The molecule has 3 rings (SSSR count). The van der Waals surface area contributed by atoms with Crippen molar-refractivity contribution in [1.82, 2.24) is 0 Å². The fourth-order valence-electron chi connectivity index (χ4n) is 2.68. The highest BCUT2D eigenvalue weighted by Gasteiger charge is 2.52. The van der Waals surface area contributed by atoms with Crippen LogP contribution in [0, 0.1) is 0 Å². The molecule has 0 spiro atoms. The molecule has 2 aliphatic rings. The zero-order valence-electron chi connectivity index (χ0n) is 13.7. The smallest absolute Gasteiger partial charge is 0.406 e. The minimum atomic E-state index is -4.69. The number of rotatable bonds is 3. The van der Waals surface area contributed by atoms with Crippen LogP contribution in [0.2, 0.25) is 0 Å². The molecule has 0 atom stereocenters. The van der Waals surface area contributed by atoms with Gasteiger partial charge in [-0.3, -0.25) is 0 Å². The summed E-state index contributed by atoms with van der Waals surface area (Å²) >= 11 is 0. The van der Waals surface area contributed by atoms with Crippen LogP contribution < -0.4 is 10.2 Å². The summed E-state index contributed by atoms with van der Waals surface area (Å²) in [5, 5.41) is 0. The van der Waals surface area contributed by atoms with Crippen LogP contribution in [0.3, 0.4) is 0 Å². The van der Waals surface area contributed by atoms with Crippen molar-refractivity contribution in [3.8, 4) is 5.75 Å². The lowest BCUT2D eigenvalue weighted by molar-refractivity contribution is -0.274. The van der Waals surface area contributed by atoms with Crippen LogP contribution in [0.5, 0.6) is 5.75 Å². The maximum absolute atomic E-state index is 12.4. The Morgan fingerprint density at radius 3 is 2.13 bits per heavy atom. The molecule has 1 heterocycles. The fourth-order valence-corrected chi connectivity index (χ4v) is 2.68. The van der Waals surface area contributed by atoms with E-state index in [0.29, 0.717) is 0 Å². The normalized spacial score (nSPS) is 23.2. The van der Waals surface area contributed by atoms with Crippen molar-refractivity contribution in [1.29, 1.82) is 0 Å². The number of halogens is 3. The first-order valence-electron chi connectivity index (χ1n) is 7.74. The van der Waals surface area contributed by atoms with Crippen LogP contribution in [-0.2, 0) is 9.31 Å². The Balaban J connectivity index is 1.91. The molecule has 23 heavy (non-hydrogen) atoms. The molecule has 0 radical (unpaired) electrons. The average Bonchev–Trinajstić information content (AvgIpc) is 3.15. The van der Waals surface area contributed by atoms with Crippen molar-refractivity contribution in [2.45, 2.75) is 64.0 Å². The third-order valence-electron chi connectivity index (χ3n) is 4.82. The molecule has 2 fully saturated rings. The van der Waals surface area contributed by atoms with E-state index in [0.717, 1.165) is 23.9 Å². The van der Waals surface area contributed by atoms with E-state index in [-0.39, 0.29) is 11.7 Å². The van der Waals surface area contributed by atoms with Gasteiger partial charge in [-0.1, -0.05) is 6.07 Å². The van der Waals surface area contributed by atoms with E-state index in [4.69, 9.17) is 9.31 Å². The summed E-state index contributed by atoms with van der Waals surface area (Å²) in [5.41, 5.74) is 0.644. The van der Waals surface area contributed by atoms with Crippen molar-refractivity contribution in [3.05, 3.63) is 23.8 Å². The van der Waals surface area contributed by atoms with Gasteiger partial charge in [0.1, 0.15) is 5.75 Å². The number of ether oxygens (including phenoxy) is 1. The van der Waals surface area contributed by atoms with Gasteiger partial charge in [0.15, 0.2) is 0 Å². The molecular formula is C16H20BF3O3. The van der Waals surface area contributed by atoms with E-state index in [1.807, 2.05) is 27.7 Å². The van der Waals surface area contributed by atoms with E-state index >= 15 is 0 Å². The van der Waals surface area contributed by atoms with Gasteiger partial charge in [-0.05, 0) is 69.6 Å². The number of alkyl halides is 3. The fraction of sp³-hybridized carbons (Fsp3) is 0.625. The van der Waals surface area contributed by atoms with Gasteiger partial charge in [0, 0.05) is 0 Å². The molecule has 0 aromatic heterocycles. The molecule has 0 amide bonds. The van der Waals surface area contributed by atoms with Gasteiger partial charge in [-0.2, -0.15) is 0 Å². The van der Waals surface area contributed by atoms with Gasteiger partial charge < -0.3 is 14.0 Å². The molecule has 1 saturated carbocycles. The van der Waals surface area contributed by atoms with E-state index < -0.39 is 24.7 Å². The predicted molar refractivity (Wildman–Crippen MR) is 80.8 cm³/mol. The maximum Gasteiger partial charge on any atom is 0.573 e. The first-order chi connectivity index (χ1) is 10.5. The summed E-state index contributed by atoms with van der Waals surface area (Å²) in [4.78, 5) is 0. The molecule has 3 nitrogen and oxygen atoms in total. The first kappa shape index (κ1) is 16.6. The average molecular weight is 328 g/mol. The third kappa shape index (κ3) is 3.35. The Labute approximate surface area is 134 Å². The summed E-state index contributed by atoms with van der Waals surface area (Å²) < 4.78 is 53.4. The highest BCUT2D eigenvalue weighted by Crippen LogP contribution is 2.43. The Morgan fingerprint density at radius 2 is 1.65 bits per heavy atom. The molecule has 1 aliphatic heterocycles. The maximum atomic E-state index is 12.4. The van der Waals surface area contributed by atoms with Crippen LogP contribution in [0.1, 0.15) is 52.0 Å². The van der Waals surface area contributed by atoms with E-state index in [2.05, 4.69) is 4.74 Å². The molecule has 0 N–H and O–H groups in total. The quantitative estimate of drug-likeness (QED) is 0.791. The van der Waals surface area contributed by atoms with Gasteiger partial charge >= 0.3 is 13.5 Å². The third-order valence-corrected chi connectivity index (χ3v) is 4.82. The van der Waals surface area contributed by atoms with Gasteiger partial charge in [0.25, 0.3) is 0 Å². The lowest BCUT2D eigenvalue weighted by Crippen LogP contribution is -2.41. The number of benzene rings is 1. The second-order valence-electron chi connectivity index (χ2n) is 7.20. The Bertz CT molecular complexity index is 593. The second-order valence-corrected chi connectivity index (χ2v) is 7.20. The predicted octanol–water partition coefficient (Wildman–Crippen LogP) is 3.76. The Morgan fingerprint density at radius 1 is 1.09 bits per heavy atom. The molecule has 1 saturated heterocycles. The van der Waals surface area contributed by atoms with Crippen LogP contribution in [0.25, 0.3) is 0 Å². The molecule has 1 aliphatic carbocycles. The van der Waals surface area contributed by atoms with Crippen LogP contribution in [0.15, 0.2) is 18.2 Å². The van der Waals surface area contributed by atoms with Crippen molar-refractivity contribution >= 4 is 12.6 Å². The summed E-state index contributed by atoms with van der Waals surface area (Å²) in [7, 11) is -0.574. The van der Waals surface area contributed by atoms with Gasteiger partial charge in [0.05, 0.1) is 11.2 Å². The molecule has 0 bridgehead atoms. The Hall–Kier alpha value is -1.21. The minimum absolute atomic E-state index is 0.195. The molecule has 126 valence electrons.